The van der Waals surface area contributed by atoms with Crippen LogP contribution in [0.1, 0.15) is 25.0 Å². The molecule has 0 unspecified atom stereocenters. The third-order valence-electron chi connectivity index (χ3n) is 3.84. The van der Waals surface area contributed by atoms with E-state index in [-0.39, 0.29) is 5.82 Å². The van der Waals surface area contributed by atoms with Gasteiger partial charge in [-0.05, 0) is 37.6 Å². The summed E-state index contributed by atoms with van der Waals surface area (Å²) in [7, 11) is 1.77. The Morgan fingerprint density at radius 2 is 1.74 bits per heavy atom. The Balaban J connectivity index is 2.30. The number of fused-ring (bicyclic) bond motifs is 1. The number of benzene rings is 2. The number of hydrogen-bond acceptors (Lipinski definition) is 2. The summed E-state index contributed by atoms with van der Waals surface area (Å²) >= 11 is 6.37. The van der Waals surface area contributed by atoms with Crippen LogP contribution in [-0.4, -0.2) is 12.6 Å². The van der Waals surface area contributed by atoms with Crippen LogP contribution in [0.3, 0.4) is 0 Å². The first kappa shape index (κ1) is 15.8. The molecule has 0 spiro atoms. The molecule has 120 valence electrons. The number of ether oxygens (including phenoxy) is 1. The summed E-state index contributed by atoms with van der Waals surface area (Å²) in [6.45, 7) is 3.30. The molecule has 0 saturated carbocycles. The molecule has 0 fully saturated rings. The molecule has 1 aliphatic heterocycles. The number of nitrogens with one attached hydrogen (secondary N) is 1. The first-order valence-corrected chi connectivity index (χ1v) is 7.58. The van der Waals surface area contributed by atoms with Crippen LogP contribution in [0.2, 0.25) is 5.02 Å². The van der Waals surface area contributed by atoms with E-state index in [1.54, 1.807) is 33.0 Å². The van der Waals surface area contributed by atoms with E-state index in [0.717, 1.165) is 5.69 Å². The highest BCUT2D eigenvalue weighted by atomic mass is 35.5. The van der Waals surface area contributed by atoms with Gasteiger partial charge in [0.25, 0.3) is 0 Å². The highest BCUT2D eigenvalue weighted by molar-refractivity contribution is 6.33. The molecule has 2 nitrogen and oxygen atoms in total. The zero-order valence-corrected chi connectivity index (χ0v) is 13.8. The number of rotatable bonds is 2. The van der Waals surface area contributed by atoms with Gasteiger partial charge in [0.2, 0.25) is 0 Å². The Morgan fingerprint density at radius 3 is 2.35 bits per heavy atom. The van der Waals surface area contributed by atoms with Crippen LogP contribution >= 0.6 is 11.6 Å². The Bertz CT molecular complexity index is 797. The quantitative estimate of drug-likeness (QED) is 0.791. The van der Waals surface area contributed by atoms with Crippen molar-refractivity contribution in [3.8, 4) is 5.75 Å². The van der Waals surface area contributed by atoms with Gasteiger partial charge >= 0.3 is 0 Å². The highest BCUT2D eigenvalue weighted by Gasteiger charge is 2.37. The maximum absolute atomic E-state index is 15.0. The molecule has 0 saturated heterocycles. The second-order valence-electron chi connectivity index (χ2n) is 5.89. The van der Waals surface area contributed by atoms with Crippen molar-refractivity contribution < 1.29 is 13.5 Å². The second-order valence-corrected chi connectivity index (χ2v) is 6.30. The average Bonchev–Trinajstić information content (AvgIpc) is 2.49. The summed E-state index contributed by atoms with van der Waals surface area (Å²) in [5.41, 5.74) is 1.01. The number of hydrogen-bond donors (Lipinski definition) is 1. The average molecular weight is 336 g/mol. The van der Waals surface area contributed by atoms with Crippen LogP contribution in [0, 0.1) is 5.82 Å². The Hall–Kier alpha value is -2.07. The minimum Gasteiger partial charge on any atom is -0.480 e. The lowest BCUT2D eigenvalue weighted by Gasteiger charge is -2.34. The van der Waals surface area contributed by atoms with Gasteiger partial charge in [-0.3, -0.25) is 0 Å². The normalized spacial score (nSPS) is 15.9. The molecule has 1 heterocycles. The van der Waals surface area contributed by atoms with Gasteiger partial charge in [-0.1, -0.05) is 23.7 Å². The molecule has 3 rings (SSSR count). The predicted octanol–water partition coefficient (Wildman–Crippen LogP) is 5.42. The summed E-state index contributed by atoms with van der Waals surface area (Å²) in [6.07, 6.45) is 0. The Labute approximate surface area is 138 Å². The third kappa shape index (κ3) is 2.68. The lowest BCUT2D eigenvalue weighted by Crippen LogP contribution is -2.33. The molecule has 0 aliphatic carbocycles. The fourth-order valence-corrected chi connectivity index (χ4v) is 2.97. The fraction of sp³-hybridized carbons (Fsp3) is 0.222. The van der Waals surface area contributed by atoms with E-state index in [1.807, 2.05) is 0 Å². The lowest BCUT2D eigenvalue weighted by atomic mass is 9.88. The standard InChI is InChI=1S/C18H16ClF2NO/c1-18(2)17(21)15(10-4-6-11(20)7-5-10)16-13(19)8-12(22-3)9-14(16)23-18/h4-9,22H,1-3H3. The number of halogens is 3. The maximum atomic E-state index is 15.0. The SMILES string of the molecule is CNc1cc(Cl)c2c(c1)OC(C)(C)C(F)=C2c1ccc(F)cc1. The molecule has 0 aromatic heterocycles. The van der Waals surface area contributed by atoms with Crippen molar-refractivity contribution in [1.29, 1.82) is 0 Å². The zero-order chi connectivity index (χ0) is 16.8. The number of anilines is 1. The summed E-state index contributed by atoms with van der Waals surface area (Å²) in [5, 5.41) is 3.37. The minimum atomic E-state index is -1.13. The van der Waals surface area contributed by atoms with Gasteiger partial charge in [0.05, 0.1) is 5.02 Å². The van der Waals surface area contributed by atoms with Crippen molar-refractivity contribution in [2.24, 2.45) is 0 Å². The molecule has 5 heteroatoms. The van der Waals surface area contributed by atoms with Crippen molar-refractivity contribution in [2.45, 2.75) is 19.4 Å². The molecule has 0 radical (unpaired) electrons. The van der Waals surface area contributed by atoms with E-state index in [0.29, 0.717) is 27.5 Å². The monoisotopic (exact) mass is 335 g/mol. The molecule has 2 aromatic carbocycles. The van der Waals surface area contributed by atoms with E-state index in [9.17, 15) is 4.39 Å². The van der Waals surface area contributed by atoms with Gasteiger partial charge in [0.1, 0.15) is 11.6 Å². The van der Waals surface area contributed by atoms with Crippen LogP contribution in [0.25, 0.3) is 5.57 Å². The molecular formula is C18H16ClF2NO. The summed E-state index contributed by atoms with van der Waals surface area (Å²) in [4.78, 5) is 0. The van der Waals surface area contributed by atoms with Crippen molar-refractivity contribution in [3.05, 3.63) is 64.2 Å². The van der Waals surface area contributed by atoms with Crippen LogP contribution in [0.5, 0.6) is 5.75 Å². The minimum absolute atomic E-state index is 0.337. The smallest absolute Gasteiger partial charge is 0.155 e. The Kier molecular flexibility index (Phi) is 3.80. The highest BCUT2D eigenvalue weighted by Crippen LogP contribution is 2.48. The zero-order valence-electron chi connectivity index (χ0n) is 13.0. The Morgan fingerprint density at radius 1 is 1.09 bits per heavy atom. The first-order chi connectivity index (χ1) is 10.8. The van der Waals surface area contributed by atoms with E-state index in [2.05, 4.69) is 5.32 Å². The largest absolute Gasteiger partial charge is 0.480 e. The van der Waals surface area contributed by atoms with Gasteiger partial charge in [-0.25, -0.2) is 8.78 Å². The summed E-state index contributed by atoms with van der Waals surface area (Å²) in [6, 6.07) is 9.16. The third-order valence-corrected chi connectivity index (χ3v) is 4.14. The lowest BCUT2D eigenvalue weighted by molar-refractivity contribution is 0.117. The molecule has 1 aliphatic rings. The fourth-order valence-electron chi connectivity index (χ4n) is 2.67. The molecule has 23 heavy (non-hydrogen) atoms. The molecule has 2 aromatic rings. The van der Waals surface area contributed by atoms with Crippen LogP contribution in [0.4, 0.5) is 14.5 Å². The van der Waals surface area contributed by atoms with Gasteiger partial charge in [0, 0.05) is 29.9 Å². The molecular weight excluding hydrogens is 320 g/mol. The first-order valence-electron chi connectivity index (χ1n) is 7.20. The summed E-state index contributed by atoms with van der Waals surface area (Å²) in [5.74, 6) is -0.318. The summed E-state index contributed by atoms with van der Waals surface area (Å²) < 4.78 is 34.0. The molecule has 0 atom stereocenters. The van der Waals surface area contributed by atoms with Crippen molar-refractivity contribution in [3.63, 3.8) is 0 Å². The van der Waals surface area contributed by atoms with Gasteiger partial charge in [0.15, 0.2) is 11.4 Å². The van der Waals surface area contributed by atoms with E-state index in [4.69, 9.17) is 16.3 Å². The van der Waals surface area contributed by atoms with Crippen molar-refractivity contribution in [2.75, 3.05) is 12.4 Å². The topological polar surface area (TPSA) is 21.3 Å². The maximum Gasteiger partial charge on any atom is 0.155 e. The van der Waals surface area contributed by atoms with Gasteiger partial charge < -0.3 is 10.1 Å². The second kappa shape index (κ2) is 5.53. The van der Waals surface area contributed by atoms with Gasteiger partial charge in [-0.15, -0.1) is 0 Å². The van der Waals surface area contributed by atoms with E-state index in [1.165, 1.54) is 24.3 Å². The molecule has 1 N–H and O–H groups in total. The van der Waals surface area contributed by atoms with Crippen LogP contribution in [-0.2, 0) is 0 Å². The van der Waals surface area contributed by atoms with Crippen LogP contribution < -0.4 is 10.1 Å². The molecule has 0 bridgehead atoms. The van der Waals surface area contributed by atoms with E-state index < -0.39 is 11.4 Å². The van der Waals surface area contributed by atoms with Crippen molar-refractivity contribution in [1.82, 2.24) is 0 Å². The van der Waals surface area contributed by atoms with Gasteiger partial charge in [-0.2, -0.15) is 0 Å². The van der Waals surface area contributed by atoms with Crippen LogP contribution in [0.15, 0.2) is 42.2 Å². The predicted molar refractivity (Wildman–Crippen MR) is 89.2 cm³/mol. The molecule has 0 amide bonds. The van der Waals surface area contributed by atoms with Crippen molar-refractivity contribution >= 4 is 22.9 Å². The van der Waals surface area contributed by atoms with E-state index >= 15 is 4.39 Å².